The molecule has 0 aliphatic heterocycles. The molecule has 4 aromatic rings. The van der Waals surface area contributed by atoms with Crippen LogP contribution in [0.5, 0.6) is 0 Å². The van der Waals surface area contributed by atoms with E-state index in [-0.39, 0.29) is 28.6 Å². The van der Waals surface area contributed by atoms with Crippen LogP contribution in [0.4, 0.5) is 19.1 Å². The first kappa shape index (κ1) is 21.4. The number of amides is 1. The SMILES string of the molecule is CC(C)n1nc(CC(=O)Nc2ncc3ncn(C)c3n2)c(=O)c2ccc(C(F)(F)F)cc21. The minimum absolute atomic E-state index is 0.0332. The third kappa shape index (κ3) is 3.90. The van der Waals surface area contributed by atoms with Crippen LogP contribution in [0.15, 0.2) is 35.5 Å². The van der Waals surface area contributed by atoms with Gasteiger partial charge in [-0.1, -0.05) is 0 Å². The van der Waals surface area contributed by atoms with E-state index in [9.17, 15) is 22.8 Å². The quantitative estimate of drug-likeness (QED) is 0.518. The summed E-state index contributed by atoms with van der Waals surface area (Å²) in [6.07, 6.45) is -1.94. The number of hydrogen-bond donors (Lipinski definition) is 1. The van der Waals surface area contributed by atoms with Crippen molar-refractivity contribution in [3.63, 3.8) is 0 Å². The van der Waals surface area contributed by atoms with Gasteiger partial charge in [0.15, 0.2) is 5.65 Å². The number of halogens is 3. The highest BCUT2D eigenvalue weighted by Crippen LogP contribution is 2.31. The Labute approximate surface area is 178 Å². The molecule has 3 heterocycles. The molecule has 0 saturated heterocycles. The van der Waals surface area contributed by atoms with Crippen LogP contribution < -0.4 is 10.7 Å². The zero-order valence-corrected chi connectivity index (χ0v) is 17.3. The summed E-state index contributed by atoms with van der Waals surface area (Å²) in [6.45, 7) is 3.44. The largest absolute Gasteiger partial charge is 0.416 e. The summed E-state index contributed by atoms with van der Waals surface area (Å²) in [5, 5.41) is 6.75. The first-order chi connectivity index (χ1) is 15.0. The van der Waals surface area contributed by atoms with E-state index in [0.29, 0.717) is 11.2 Å². The van der Waals surface area contributed by atoms with E-state index < -0.39 is 29.5 Å². The fourth-order valence-corrected chi connectivity index (χ4v) is 3.29. The Kier molecular flexibility index (Phi) is 5.15. The molecule has 12 heteroatoms. The molecule has 0 bridgehead atoms. The summed E-state index contributed by atoms with van der Waals surface area (Å²) < 4.78 is 42.4. The van der Waals surface area contributed by atoms with Crippen LogP contribution in [0.25, 0.3) is 22.1 Å². The fraction of sp³-hybridized carbons (Fsp3) is 0.300. The number of hydrogen-bond acceptors (Lipinski definition) is 6. The highest BCUT2D eigenvalue weighted by atomic mass is 19.4. The maximum absolute atomic E-state index is 13.1. The Morgan fingerprint density at radius 3 is 2.66 bits per heavy atom. The normalized spacial score (nSPS) is 12.1. The molecule has 3 aromatic heterocycles. The molecular weight excluding hydrogens is 427 g/mol. The molecule has 32 heavy (non-hydrogen) atoms. The van der Waals surface area contributed by atoms with Crippen molar-refractivity contribution in [3.8, 4) is 0 Å². The Hall–Kier alpha value is -3.83. The van der Waals surface area contributed by atoms with Gasteiger partial charge in [-0.3, -0.25) is 19.6 Å². The van der Waals surface area contributed by atoms with Gasteiger partial charge in [-0.05, 0) is 32.0 Å². The number of rotatable bonds is 4. The molecule has 0 saturated carbocycles. The van der Waals surface area contributed by atoms with Gasteiger partial charge in [-0.2, -0.15) is 23.3 Å². The molecule has 0 radical (unpaired) electrons. The molecule has 1 aromatic carbocycles. The molecule has 1 N–H and O–H groups in total. The first-order valence-electron chi connectivity index (χ1n) is 9.61. The summed E-state index contributed by atoms with van der Waals surface area (Å²) in [5.41, 5.74) is -0.460. The van der Waals surface area contributed by atoms with Crippen LogP contribution in [0, 0.1) is 0 Å². The van der Waals surface area contributed by atoms with E-state index in [4.69, 9.17) is 0 Å². The average molecular weight is 445 g/mol. The summed E-state index contributed by atoms with van der Waals surface area (Å²) in [7, 11) is 1.74. The van der Waals surface area contributed by atoms with Gasteiger partial charge in [-0.15, -0.1) is 0 Å². The minimum Gasteiger partial charge on any atom is -0.318 e. The van der Waals surface area contributed by atoms with Gasteiger partial charge in [0.05, 0.1) is 30.0 Å². The van der Waals surface area contributed by atoms with Crippen LogP contribution in [0.1, 0.15) is 31.1 Å². The minimum atomic E-state index is -4.56. The van der Waals surface area contributed by atoms with Crippen molar-refractivity contribution in [2.24, 2.45) is 7.05 Å². The van der Waals surface area contributed by atoms with Crippen LogP contribution in [0.3, 0.4) is 0 Å². The third-order valence-electron chi connectivity index (χ3n) is 4.83. The lowest BCUT2D eigenvalue weighted by Gasteiger charge is -2.16. The Balaban J connectivity index is 1.68. The van der Waals surface area contributed by atoms with Crippen molar-refractivity contribution in [3.05, 3.63) is 52.2 Å². The average Bonchev–Trinajstić information content (AvgIpc) is 3.09. The highest BCUT2D eigenvalue weighted by molar-refractivity contribution is 5.91. The standard InChI is InChI=1S/C20H18F3N7O2/c1-10(2)30-15-6-11(20(21,22)23)4-5-12(15)17(32)13(28-30)7-16(31)26-19-24-8-14-18(27-19)29(3)9-25-14/h4-6,8-10H,7H2,1-3H3,(H,24,26,27,31). The second kappa shape index (κ2) is 7.70. The summed E-state index contributed by atoms with van der Waals surface area (Å²) >= 11 is 0. The molecule has 0 fully saturated rings. The van der Waals surface area contributed by atoms with Crippen molar-refractivity contribution >= 4 is 33.9 Å². The predicted octanol–water partition coefficient (Wildman–Crippen LogP) is 2.85. The van der Waals surface area contributed by atoms with E-state index in [0.717, 1.165) is 18.2 Å². The molecule has 1 amide bonds. The fourth-order valence-electron chi connectivity index (χ4n) is 3.29. The number of nitrogens with zero attached hydrogens (tertiary/aromatic N) is 6. The molecule has 0 spiro atoms. The molecule has 0 aliphatic rings. The van der Waals surface area contributed by atoms with Crippen molar-refractivity contribution in [2.75, 3.05) is 5.32 Å². The molecule has 0 aliphatic carbocycles. The van der Waals surface area contributed by atoms with Gasteiger partial charge in [0.25, 0.3) is 0 Å². The summed E-state index contributed by atoms with van der Waals surface area (Å²) in [5.74, 6) is -0.552. The van der Waals surface area contributed by atoms with Gasteiger partial charge in [0.1, 0.15) is 11.2 Å². The van der Waals surface area contributed by atoms with Crippen LogP contribution in [0.2, 0.25) is 0 Å². The predicted molar refractivity (Wildman–Crippen MR) is 110 cm³/mol. The number of nitrogens with one attached hydrogen (secondary N) is 1. The van der Waals surface area contributed by atoms with E-state index in [1.807, 2.05) is 0 Å². The van der Waals surface area contributed by atoms with Gasteiger partial charge < -0.3 is 4.57 Å². The lowest BCUT2D eigenvalue weighted by molar-refractivity contribution is -0.137. The number of aryl methyl sites for hydroxylation is 1. The van der Waals surface area contributed by atoms with Gasteiger partial charge >= 0.3 is 6.18 Å². The molecule has 0 atom stereocenters. The van der Waals surface area contributed by atoms with Crippen LogP contribution >= 0.6 is 0 Å². The van der Waals surface area contributed by atoms with E-state index in [1.165, 1.54) is 10.9 Å². The van der Waals surface area contributed by atoms with Crippen molar-refractivity contribution < 1.29 is 18.0 Å². The van der Waals surface area contributed by atoms with Crippen molar-refractivity contribution in [2.45, 2.75) is 32.5 Å². The Bertz CT molecular complexity index is 1410. The second-order valence-corrected chi connectivity index (χ2v) is 7.53. The zero-order valence-electron chi connectivity index (χ0n) is 17.3. The number of imidazole rings is 1. The summed E-state index contributed by atoms with van der Waals surface area (Å²) in [4.78, 5) is 37.7. The maximum Gasteiger partial charge on any atom is 0.416 e. The Morgan fingerprint density at radius 1 is 1.22 bits per heavy atom. The van der Waals surface area contributed by atoms with E-state index in [2.05, 4.69) is 25.4 Å². The van der Waals surface area contributed by atoms with Crippen molar-refractivity contribution in [1.82, 2.24) is 29.3 Å². The smallest absolute Gasteiger partial charge is 0.318 e. The maximum atomic E-state index is 13.1. The molecule has 4 rings (SSSR count). The molecule has 9 nitrogen and oxygen atoms in total. The van der Waals surface area contributed by atoms with Crippen LogP contribution in [-0.4, -0.2) is 35.2 Å². The zero-order chi connectivity index (χ0) is 23.2. The molecule has 166 valence electrons. The molecular formula is C20H18F3N7O2. The molecule has 0 unspecified atom stereocenters. The number of benzene rings is 1. The number of aromatic nitrogens is 6. The number of carbonyl (C=O) groups is 1. The number of alkyl halides is 3. The van der Waals surface area contributed by atoms with E-state index >= 15 is 0 Å². The van der Waals surface area contributed by atoms with Crippen molar-refractivity contribution in [1.29, 1.82) is 0 Å². The number of carbonyl (C=O) groups excluding carboxylic acids is 1. The van der Waals surface area contributed by atoms with E-state index in [1.54, 1.807) is 31.8 Å². The van der Waals surface area contributed by atoms with Crippen LogP contribution in [-0.2, 0) is 24.4 Å². The van der Waals surface area contributed by atoms with Gasteiger partial charge in [0.2, 0.25) is 17.3 Å². The lowest BCUT2D eigenvalue weighted by Crippen LogP contribution is -2.26. The van der Waals surface area contributed by atoms with Gasteiger partial charge in [0, 0.05) is 18.5 Å². The lowest BCUT2D eigenvalue weighted by atomic mass is 10.1. The second-order valence-electron chi connectivity index (χ2n) is 7.53. The monoisotopic (exact) mass is 445 g/mol. The highest BCUT2D eigenvalue weighted by Gasteiger charge is 2.31. The topological polar surface area (TPSA) is 108 Å². The number of anilines is 1. The number of fused-ring (bicyclic) bond motifs is 2. The third-order valence-corrected chi connectivity index (χ3v) is 4.83. The first-order valence-corrected chi connectivity index (χ1v) is 9.61. The van der Waals surface area contributed by atoms with Gasteiger partial charge in [-0.25, -0.2) is 9.97 Å². The Morgan fingerprint density at radius 2 is 1.97 bits per heavy atom. The summed E-state index contributed by atoms with van der Waals surface area (Å²) in [6, 6.07) is 2.50.